The molecule has 2 aromatic rings. The van der Waals surface area contributed by atoms with E-state index in [-0.39, 0.29) is 17.7 Å². The Labute approximate surface area is 188 Å². The maximum absolute atomic E-state index is 13.1. The van der Waals surface area contributed by atoms with E-state index in [0.717, 1.165) is 0 Å². The van der Waals surface area contributed by atoms with Crippen LogP contribution in [-0.4, -0.2) is 57.7 Å². The maximum Gasteiger partial charge on any atom is 0.254 e. The molecule has 8 heteroatoms. The molecule has 0 unspecified atom stereocenters. The molecule has 1 heterocycles. The summed E-state index contributed by atoms with van der Waals surface area (Å²) in [4.78, 5) is 27.6. The Morgan fingerprint density at radius 2 is 1.59 bits per heavy atom. The summed E-state index contributed by atoms with van der Waals surface area (Å²) in [5.41, 5.74) is 1.11. The number of carbonyl (C=O) groups excluding carboxylic acids is 2. The van der Waals surface area contributed by atoms with Crippen LogP contribution in [0.4, 0.5) is 5.69 Å². The molecule has 172 valence electrons. The molecule has 0 aromatic heterocycles. The Hall–Kier alpha value is -3.42. The fourth-order valence-electron chi connectivity index (χ4n) is 3.82. The van der Waals surface area contributed by atoms with Gasteiger partial charge < -0.3 is 29.2 Å². The second-order valence-corrected chi connectivity index (χ2v) is 7.40. The quantitative estimate of drug-likeness (QED) is 0.672. The zero-order chi connectivity index (χ0) is 23.1. The normalized spacial score (nSPS) is 13.9. The second-order valence-electron chi connectivity index (χ2n) is 7.40. The number of hydrogen-bond acceptors (Lipinski definition) is 6. The van der Waals surface area contributed by atoms with Crippen LogP contribution in [0.2, 0.25) is 0 Å². The molecule has 0 aliphatic carbocycles. The Morgan fingerprint density at radius 1 is 0.969 bits per heavy atom. The number of carbonyl (C=O) groups is 2. The molecule has 2 aromatic carbocycles. The zero-order valence-corrected chi connectivity index (χ0v) is 19.0. The lowest BCUT2D eigenvalue weighted by Gasteiger charge is -2.31. The number of amides is 2. The van der Waals surface area contributed by atoms with Gasteiger partial charge >= 0.3 is 0 Å². The van der Waals surface area contributed by atoms with E-state index in [1.54, 1.807) is 17.0 Å². The van der Waals surface area contributed by atoms with Gasteiger partial charge in [-0.15, -0.1) is 0 Å². The molecule has 0 saturated carbocycles. The van der Waals surface area contributed by atoms with Gasteiger partial charge in [-0.05, 0) is 44.0 Å². The number of hydrogen-bond donors (Lipinski definition) is 1. The van der Waals surface area contributed by atoms with Crippen molar-refractivity contribution < 1.29 is 28.5 Å². The summed E-state index contributed by atoms with van der Waals surface area (Å²) in [6.45, 7) is 3.40. The summed E-state index contributed by atoms with van der Waals surface area (Å²) in [6.07, 6.45) is 1.16. The van der Waals surface area contributed by atoms with Crippen LogP contribution in [0.1, 0.15) is 30.1 Å². The van der Waals surface area contributed by atoms with Crippen molar-refractivity contribution >= 4 is 17.5 Å². The average molecular weight is 443 g/mol. The van der Waals surface area contributed by atoms with Crippen molar-refractivity contribution in [1.29, 1.82) is 0 Å². The Morgan fingerprint density at radius 3 is 2.16 bits per heavy atom. The minimum Gasteiger partial charge on any atom is -0.493 e. The molecule has 2 amide bonds. The van der Waals surface area contributed by atoms with Gasteiger partial charge in [0.25, 0.3) is 5.91 Å². The molecule has 1 aliphatic heterocycles. The van der Waals surface area contributed by atoms with E-state index < -0.39 is 0 Å². The average Bonchev–Trinajstić information content (AvgIpc) is 2.84. The first-order valence-corrected chi connectivity index (χ1v) is 10.6. The van der Waals surface area contributed by atoms with Crippen LogP contribution in [0.3, 0.4) is 0 Å². The molecule has 1 N–H and O–H groups in total. The smallest absolute Gasteiger partial charge is 0.254 e. The lowest BCUT2D eigenvalue weighted by Crippen LogP contribution is -2.41. The number of nitrogens with zero attached hydrogens (tertiary/aromatic N) is 1. The summed E-state index contributed by atoms with van der Waals surface area (Å²) in [5.74, 6) is 1.58. The minimum absolute atomic E-state index is 0.0583. The monoisotopic (exact) mass is 442 g/mol. The molecule has 0 atom stereocenters. The van der Waals surface area contributed by atoms with E-state index in [1.807, 2.05) is 31.2 Å². The highest BCUT2D eigenvalue weighted by molar-refractivity contribution is 5.97. The van der Waals surface area contributed by atoms with Crippen LogP contribution in [0.25, 0.3) is 0 Å². The van der Waals surface area contributed by atoms with E-state index in [0.29, 0.717) is 66.8 Å². The Balaban J connectivity index is 1.64. The summed E-state index contributed by atoms with van der Waals surface area (Å²) in [5, 5.41) is 2.97. The maximum atomic E-state index is 13.1. The van der Waals surface area contributed by atoms with Gasteiger partial charge in [0.05, 0.1) is 33.6 Å². The zero-order valence-electron chi connectivity index (χ0n) is 19.0. The highest BCUT2D eigenvalue weighted by Gasteiger charge is 2.29. The molecule has 0 bridgehead atoms. The summed E-state index contributed by atoms with van der Waals surface area (Å²) < 4.78 is 21.6. The number of methoxy groups -OCH3 is 3. The molecular weight excluding hydrogens is 412 g/mol. The largest absolute Gasteiger partial charge is 0.493 e. The van der Waals surface area contributed by atoms with Crippen LogP contribution in [-0.2, 0) is 4.79 Å². The topological polar surface area (TPSA) is 86.3 Å². The van der Waals surface area contributed by atoms with Gasteiger partial charge in [-0.1, -0.05) is 12.1 Å². The van der Waals surface area contributed by atoms with Crippen LogP contribution in [0.15, 0.2) is 36.4 Å². The first-order valence-electron chi connectivity index (χ1n) is 10.6. The highest BCUT2D eigenvalue weighted by atomic mass is 16.5. The standard InChI is InChI=1S/C24H30N2O6/c1-5-32-19-9-7-6-8-18(19)25-23(27)16-10-12-26(13-11-16)24(28)17-14-20(29-2)22(31-4)21(15-17)30-3/h6-9,14-16H,5,10-13H2,1-4H3,(H,25,27). The third-order valence-electron chi connectivity index (χ3n) is 5.51. The first-order chi connectivity index (χ1) is 15.5. The number of nitrogens with one attached hydrogen (secondary N) is 1. The number of likely N-dealkylation sites (tertiary alicyclic amines) is 1. The number of ether oxygens (including phenoxy) is 4. The van der Waals surface area contributed by atoms with Crippen molar-refractivity contribution in [2.24, 2.45) is 5.92 Å². The molecule has 0 radical (unpaired) electrons. The molecule has 32 heavy (non-hydrogen) atoms. The first kappa shape index (κ1) is 23.2. The van der Waals surface area contributed by atoms with Gasteiger partial charge in [0.1, 0.15) is 5.75 Å². The Kier molecular flexibility index (Phi) is 7.81. The van der Waals surface area contributed by atoms with Gasteiger partial charge in [-0.25, -0.2) is 0 Å². The lowest BCUT2D eigenvalue weighted by molar-refractivity contribution is -0.121. The van der Waals surface area contributed by atoms with Gasteiger partial charge in [0.2, 0.25) is 11.7 Å². The highest BCUT2D eigenvalue weighted by Crippen LogP contribution is 2.38. The van der Waals surface area contributed by atoms with Crippen molar-refractivity contribution in [2.75, 3.05) is 46.3 Å². The molecule has 1 saturated heterocycles. The van der Waals surface area contributed by atoms with E-state index in [1.165, 1.54) is 21.3 Å². The summed E-state index contributed by atoms with van der Waals surface area (Å²) >= 11 is 0. The van der Waals surface area contributed by atoms with Gasteiger partial charge in [0, 0.05) is 24.6 Å². The molecule has 8 nitrogen and oxygen atoms in total. The number of anilines is 1. The molecular formula is C24H30N2O6. The van der Waals surface area contributed by atoms with E-state index in [2.05, 4.69) is 5.32 Å². The molecule has 0 spiro atoms. The third-order valence-corrected chi connectivity index (χ3v) is 5.51. The van der Waals surface area contributed by atoms with E-state index >= 15 is 0 Å². The van der Waals surface area contributed by atoms with Crippen molar-refractivity contribution in [3.63, 3.8) is 0 Å². The predicted molar refractivity (Wildman–Crippen MR) is 121 cm³/mol. The lowest BCUT2D eigenvalue weighted by atomic mass is 9.95. The SMILES string of the molecule is CCOc1ccccc1NC(=O)C1CCN(C(=O)c2cc(OC)c(OC)c(OC)c2)CC1. The van der Waals surface area contributed by atoms with Gasteiger partial charge in [-0.3, -0.25) is 9.59 Å². The molecule has 1 fully saturated rings. The van der Waals surface area contributed by atoms with Crippen LogP contribution < -0.4 is 24.3 Å². The van der Waals surface area contributed by atoms with Crippen LogP contribution >= 0.6 is 0 Å². The van der Waals surface area contributed by atoms with Crippen molar-refractivity contribution in [1.82, 2.24) is 4.90 Å². The van der Waals surface area contributed by atoms with Crippen LogP contribution in [0.5, 0.6) is 23.0 Å². The number of piperidine rings is 1. The number of rotatable bonds is 8. The summed E-state index contributed by atoms with van der Waals surface area (Å²) in [7, 11) is 4.54. The van der Waals surface area contributed by atoms with E-state index in [4.69, 9.17) is 18.9 Å². The predicted octanol–water partition coefficient (Wildman–Crippen LogP) is 3.60. The molecule has 1 aliphatic rings. The van der Waals surface area contributed by atoms with Gasteiger partial charge in [-0.2, -0.15) is 0 Å². The fourth-order valence-corrected chi connectivity index (χ4v) is 3.82. The second kappa shape index (κ2) is 10.7. The number of para-hydroxylation sites is 2. The van der Waals surface area contributed by atoms with Crippen molar-refractivity contribution in [2.45, 2.75) is 19.8 Å². The van der Waals surface area contributed by atoms with Crippen molar-refractivity contribution in [3.05, 3.63) is 42.0 Å². The van der Waals surface area contributed by atoms with E-state index in [9.17, 15) is 9.59 Å². The van der Waals surface area contributed by atoms with Gasteiger partial charge in [0.15, 0.2) is 11.5 Å². The minimum atomic E-state index is -0.173. The Bertz CT molecular complexity index is 928. The number of benzene rings is 2. The van der Waals surface area contributed by atoms with Crippen LogP contribution in [0, 0.1) is 5.92 Å². The molecule has 3 rings (SSSR count). The van der Waals surface area contributed by atoms with Crippen molar-refractivity contribution in [3.8, 4) is 23.0 Å². The summed E-state index contributed by atoms with van der Waals surface area (Å²) in [6, 6.07) is 10.7. The third kappa shape index (κ3) is 5.07. The fraction of sp³-hybridized carbons (Fsp3) is 0.417.